The Hall–Kier alpha value is -1.40. The van der Waals surface area contributed by atoms with Gasteiger partial charge in [-0.05, 0) is 0 Å². The molecule has 1 heterocycles. The molecular weight excluding hydrogens is 233 g/mol. The summed E-state index contributed by atoms with van der Waals surface area (Å²) in [5.74, 6) is -1.02. The second kappa shape index (κ2) is 3.77. The van der Waals surface area contributed by atoms with Gasteiger partial charge in [0.05, 0.1) is 11.0 Å². The van der Waals surface area contributed by atoms with Crippen LogP contribution in [-0.4, -0.2) is 15.8 Å². The molecule has 0 unspecified atom stereocenters. The van der Waals surface area contributed by atoms with E-state index in [0.717, 1.165) is 6.07 Å². The summed E-state index contributed by atoms with van der Waals surface area (Å²) in [5, 5.41) is 9.93. The molecule has 2 N–H and O–H groups in total. The van der Waals surface area contributed by atoms with Gasteiger partial charge in [-0.3, -0.25) is 14.9 Å². The van der Waals surface area contributed by atoms with Crippen LogP contribution in [0.25, 0.3) is 0 Å². The average molecular weight is 236 g/mol. The molecule has 8 heteroatoms. The number of amides is 1. The molecule has 1 rings (SSSR count). The molecule has 0 radical (unpaired) electrons. The van der Waals surface area contributed by atoms with Gasteiger partial charge in [0.1, 0.15) is 5.15 Å². The largest absolute Gasteiger partial charge is 0.365 e. The standard InChI is InChI=1S/C6H3Cl2N3O3/c7-3-1-2(11(13)14)4(6(9)12)5(8)10-3/h1H,(H2,9,12). The highest BCUT2D eigenvalue weighted by atomic mass is 35.5. The van der Waals surface area contributed by atoms with Gasteiger partial charge in [-0.15, -0.1) is 0 Å². The molecule has 1 aromatic rings. The molecule has 0 saturated carbocycles. The maximum atomic E-state index is 10.8. The van der Waals surface area contributed by atoms with E-state index in [0.29, 0.717) is 0 Å². The summed E-state index contributed by atoms with van der Waals surface area (Å²) >= 11 is 10.9. The highest BCUT2D eigenvalue weighted by molar-refractivity contribution is 6.35. The molecule has 1 amide bonds. The number of hydrogen-bond acceptors (Lipinski definition) is 4. The minimum absolute atomic E-state index is 0.174. The van der Waals surface area contributed by atoms with Crippen LogP contribution in [0.4, 0.5) is 5.69 Å². The first-order valence-corrected chi connectivity index (χ1v) is 3.99. The second-order valence-corrected chi connectivity index (χ2v) is 3.00. The minimum atomic E-state index is -1.02. The van der Waals surface area contributed by atoms with E-state index in [2.05, 4.69) is 4.98 Å². The van der Waals surface area contributed by atoms with E-state index < -0.39 is 22.1 Å². The number of carbonyl (C=O) groups excluding carboxylic acids is 1. The van der Waals surface area contributed by atoms with E-state index in [4.69, 9.17) is 28.9 Å². The van der Waals surface area contributed by atoms with Gasteiger partial charge in [-0.1, -0.05) is 23.2 Å². The number of nitrogens with two attached hydrogens (primary N) is 1. The van der Waals surface area contributed by atoms with Crippen molar-refractivity contribution in [1.29, 1.82) is 0 Å². The minimum Gasteiger partial charge on any atom is -0.365 e. The van der Waals surface area contributed by atoms with Crippen molar-refractivity contribution in [3.63, 3.8) is 0 Å². The van der Waals surface area contributed by atoms with Gasteiger partial charge >= 0.3 is 0 Å². The summed E-state index contributed by atoms with van der Waals surface area (Å²) in [7, 11) is 0. The van der Waals surface area contributed by atoms with E-state index in [9.17, 15) is 14.9 Å². The number of rotatable bonds is 2. The molecule has 6 nitrogen and oxygen atoms in total. The summed E-state index contributed by atoms with van der Waals surface area (Å²) < 4.78 is 0. The van der Waals surface area contributed by atoms with Crippen LogP contribution in [0.3, 0.4) is 0 Å². The lowest BCUT2D eigenvalue weighted by molar-refractivity contribution is -0.385. The van der Waals surface area contributed by atoms with Crippen molar-refractivity contribution < 1.29 is 9.72 Å². The Morgan fingerprint density at radius 1 is 1.57 bits per heavy atom. The first-order valence-electron chi connectivity index (χ1n) is 3.23. The molecule has 0 aliphatic carbocycles. The molecular formula is C6H3Cl2N3O3. The zero-order chi connectivity index (χ0) is 10.9. The van der Waals surface area contributed by atoms with Gasteiger partial charge in [-0.2, -0.15) is 0 Å². The highest BCUT2D eigenvalue weighted by Crippen LogP contribution is 2.27. The number of hydrogen-bond donors (Lipinski definition) is 1. The van der Waals surface area contributed by atoms with Gasteiger partial charge < -0.3 is 5.73 Å². The molecule has 0 saturated heterocycles. The molecule has 0 bridgehead atoms. The van der Waals surface area contributed by atoms with Crippen molar-refractivity contribution in [2.24, 2.45) is 5.73 Å². The number of primary amides is 1. The molecule has 74 valence electrons. The third-order valence-corrected chi connectivity index (χ3v) is 1.83. The quantitative estimate of drug-likeness (QED) is 0.476. The molecule has 0 spiro atoms. The van der Waals surface area contributed by atoms with Gasteiger partial charge in [0, 0.05) is 0 Å². The van der Waals surface area contributed by atoms with Crippen molar-refractivity contribution in [2.75, 3.05) is 0 Å². The third-order valence-electron chi connectivity index (χ3n) is 1.37. The Bertz CT molecular complexity index is 421. The van der Waals surface area contributed by atoms with Gasteiger partial charge in [0.2, 0.25) is 0 Å². The maximum absolute atomic E-state index is 10.8. The van der Waals surface area contributed by atoms with Crippen LogP contribution in [0.2, 0.25) is 10.3 Å². The number of nitrogens with zero attached hydrogens (tertiary/aromatic N) is 2. The number of aromatic nitrogens is 1. The topological polar surface area (TPSA) is 99.1 Å². The lowest BCUT2D eigenvalue weighted by Crippen LogP contribution is -2.14. The molecule has 0 aromatic carbocycles. The van der Waals surface area contributed by atoms with Crippen LogP contribution in [-0.2, 0) is 0 Å². The SMILES string of the molecule is NC(=O)c1c([N+](=O)[O-])cc(Cl)nc1Cl. The summed E-state index contributed by atoms with van der Waals surface area (Å²) in [6.45, 7) is 0. The summed E-state index contributed by atoms with van der Waals surface area (Å²) in [6.07, 6.45) is 0. The van der Waals surface area contributed by atoms with E-state index in [1.54, 1.807) is 0 Å². The van der Waals surface area contributed by atoms with Gasteiger partial charge in [0.25, 0.3) is 11.6 Å². The van der Waals surface area contributed by atoms with Crippen LogP contribution in [0.15, 0.2) is 6.07 Å². The first kappa shape index (κ1) is 10.7. The Morgan fingerprint density at radius 3 is 2.57 bits per heavy atom. The van der Waals surface area contributed by atoms with E-state index >= 15 is 0 Å². The van der Waals surface area contributed by atoms with Crippen LogP contribution in [0.5, 0.6) is 0 Å². The Kier molecular flexibility index (Phi) is 2.87. The lowest BCUT2D eigenvalue weighted by Gasteiger charge is -2.00. The summed E-state index contributed by atoms with van der Waals surface area (Å²) in [6, 6.07) is 0.910. The molecule has 0 fully saturated rings. The van der Waals surface area contributed by atoms with Crippen LogP contribution in [0.1, 0.15) is 10.4 Å². The Balaban J connectivity index is 3.52. The zero-order valence-corrected chi connectivity index (χ0v) is 8.04. The van der Waals surface area contributed by atoms with Crippen LogP contribution >= 0.6 is 23.2 Å². The number of carbonyl (C=O) groups is 1. The van der Waals surface area contributed by atoms with E-state index in [1.807, 2.05) is 0 Å². The van der Waals surface area contributed by atoms with E-state index in [1.165, 1.54) is 0 Å². The first-order chi connectivity index (χ1) is 6.43. The fourth-order valence-corrected chi connectivity index (χ4v) is 1.36. The normalized spacial score (nSPS) is 9.86. The number of halogens is 2. The maximum Gasteiger partial charge on any atom is 0.288 e. The second-order valence-electron chi connectivity index (χ2n) is 2.25. The molecule has 0 aliphatic rings. The average Bonchev–Trinajstić information content (AvgIpc) is 2.01. The predicted molar refractivity (Wildman–Crippen MR) is 49.4 cm³/mol. The van der Waals surface area contributed by atoms with Crippen molar-refractivity contribution >= 4 is 34.8 Å². The summed E-state index contributed by atoms with van der Waals surface area (Å²) in [4.78, 5) is 23.9. The van der Waals surface area contributed by atoms with Crippen molar-refractivity contribution in [2.45, 2.75) is 0 Å². The van der Waals surface area contributed by atoms with E-state index in [-0.39, 0.29) is 10.3 Å². The molecule has 0 atom stereocenters. The van der Waals surface area contributed by atoms with Crippen LogP contribution < -0.4 is 5.73 Å². The molecule has 1 aromatic heterocycles. The molecule has 14 heavy (non-hydrogen) atoms. The van der Waals surface area contributed by atoms with Crippen molar-refractivity contribution in [1.82, 2.24) is 4.98 Å². The number of pyridine rings is 1. The van der Waals surface area contributed by atoms with Gasteiger partial charge in [0.15, 0.2) is 10.7 Å². The van der Waals surface area contributed by atoms with Gasteiger partial charge in [-0.25, -0.2) is 4.98 Å². The number of nitro groups is 1. The summed E-state index contributed by atoms with van der Waals surface area (Å²) in [5.41, 5.74) is 3.90. The Morgan fingerprint density at radius 2 is 2.14 bits per heavy atom. The highest BCUT2D eigenvalue weighted by Gasteiger charge is 2.23. The fraction of sp³-hybridized carbons (Fsp3) is 0. The van der Waals surface area contributed by atoms with Crippen molar-refractivity contribution in [3.8, 4) is 0 Å². The Labute approximate surface area is 87.8 Å². The monoisotopic (exact) mass is 235 g/mol. The fourth-order valence-electron chi connectivity index (χ4n) is 0.844. The lowest BCUT2D eigenvalue weighted by atomic mass is 10.2. The zero-order valence-electron chi connectivity index (χ0n) is 6.53. The van der Waals surface area contributed by atoms with Crippen molar-refractivity contribution in [3.05, 3.63) is 32.1 Å². The molecule has 0 aliphatic heterocycles. The predicted octanol–water partition coefficient (Wildman–Crippen LogP) is 1.40. The van der Waals surface area contributed by atoms with Crippen LogP contribution in [0, 0.1) is 10.1 Å². The smallest absolute Gasteiger partial charge is 0.288 e. The third kappa shape index (κ3) is 1.91.